The van der Waals surface area contributed by atoms with Gasteiger partial charge in [-0.25, -0.2) is 4.57 Å². The number of rotatable bonds is 36. The lowest BCUT2D eigenvalue weighted by Gasteiger charge is -2.18. The number of unbranched alkanes of at least 4 members (excludes halogenated alkanes) is 20. The van der Waals surface area contributed by atoms with E-state index < -0.39 is 32.5 Å². The number of hydrogen-bond donors (Lipinski definition) is 2. The highest BCUT2D eigenvalue weighted by Gasteiger charge is 2.22. The summed E-state index contributed by atoms with van der Waals surface area (Å²) in [7, 11) is -4.76. The number of phosphoric ester groups is 1. The predicted molar refractivity (Wildman–Crippen MR) is 202 cm³/mol. The standard InChI is InChI=1S/C40H73O8P/c1-3-5-7-9-11-13-15-17-19-21-23-25-27-29-31-33-35-40(42)48-38(37-47-49(43,44)45)36-46-39(41)34-32-30-28-26-24-22-20-18-16-14-12-10-8-6-4-2/h12,14,18-21,38H,3-11,13,15-17,22-37H2,1-2H3,(H2,43,44,45)/b14-12-,20-18-,21-19-/t38-/m1/s1. The van der Waals surface area contributed by atoms with E-state index in [4.69, 9.17) is 19.3 Å². The molecule has 0 fully saturated rings. The van der Waals surface area contributed by atoms with Gasteiger partial charge in [-0.2, -0.15) is 0 Å². The van der Waals surface area contributed by atoms with Gasteiger partial charge in [0, 0.05) is 12.8 Å². The molecule has 0 aromatic heterocycles. The average molecular weight is 713 g/mol. The molecule has 1 atom stereocenters. The van der Waals surface area contributed by atoms with Crippen LogP contribution in [0.15, 0.2) is 36.5 Å². The molecule has 0 aliphatic carbocycles. The van der Waals surface area contributed by atoms with E-state index in [1.54, 1.807) is 0 Å². The molecule has 2 N–H and O–H groups in total. The monoisotopic (exact) mass is 713 g/mol. The van der Waals surface area contributed by atoms with Gasteiger partial charge in [0.2, 0.25) is 0 Å². The molecule has 0 aliphatic heterocycles. The number of hydrogen-bond acceptors (Lipinski definition) is 6. The van der Waals surface area contributed by atoms with Crippen LogP contribution in [0.1, 0.15) is 187 Å². The van der Waals surface area contributed by atoms with Gasteiger partial charge in [0.25, 0.3) is 0 Å². The third-order valence-electron chi connectivity index (χ3n) is 8.38. The molecule has 0 rings (SSSR count). The van der Waals surface area contributed by atoms with Crippen molar-refractivity contribution in [3.8, 4) is 0 Å². The molecule has 8 nitrogen and oxygen atoms in total. The second-order valence-electron chi connectivity index (χ2n) is 13.2. The summed E-state index contributed by atoms with van der Waals surface area (Å²) in [5.41, 5.74) is 0. The highest BCUT2D eigenvalue weighted by molar-refractivity contribution is 7.46. The zero-order valence-electron chi connectivity index (χ0n) is 31.3. The van der Waals surface area contributed by atoms with E-state index in [0.717, 1.165) is 70.6 Å². The molecule has 0 unspecified atom stereocenters. The summed E-state index contributed by atoms with van der Waals surface area (Å²) < 4.78 is 26.3. The minimum absolute atomic E-state index is 0.199. The lowest BCUT2D eigenvalue weighted by molar-refractivity contribution is -0.161. The highest BCUT2D eigenvalue weighted by atomic mass is 31.2. The van der Waals surface area contributed by atoms with Gasteiger partial charge in [0.15, 0.2) is 6.10 Å². The Hall–Kier alpha value is -1.73. The van der Waals surface area contributed by atoms with Crippen LogP contribution in [-0.4, -0.2) is 41.0 Å². The van der Waals surface area contributed by atoms with Crippen LogP contribution >= 0.6 is 7.82 Å². The zero-order chi connectivity index (χ0) is 36.1. The van der Waals surface area contributed by atoms with Gasteiger partial charge in [0.05, 0.1) is 6.61 Å². The van der Waals surface area contributed by atoms with Crippen molar-refractivity contribution in [3.05, 3.63) is 36.5 Å². The molecule has 9 heteroatoms. The number of phosphoric acid groups is 1. The first kappa shape index (κ1) is 47.3. The highest BCUT2D eigenvalue weighted by Crippen LogP contribution is 2.36. The number of carbonyl (C=O) groups is 2. The van der Waals surface area contributed by atoms with Crippen molar-refractivity contribution in [3.63, 3.8) is 0 Å². The van der Waals surface area contributed by atoms with Crippen molar-refractivity contribution < 1.29 is 37.9 Å². The average Bonchev–Trinajstić information content (AvgIpc) is 3.07. The Kier molecular flexibility index (Phi) is 34.8. The van der Waals surface area contributed by atoms with Crippen LogP contribution in [-0.2, 0) is 28.2 Å². The molecule has 49 heavy (non-hydrogen) atoms. The van der Waals surface area contributed by atoms with Gasteiger partial charge < -0.3 is 19.3 Å². The van der Waals surface area contributed by atoms with E-state index >= 15 is 0 Å². The van der Waals surface area contributed by atoms with Gasteiger partial charge >= 0.3 is 19.8 Å². The fourth-order valence-corrected chi connectivity index (χ4v) is 5.76. The maximum absolute atomic E-state index is 12.4. The third-order valence-corrected chi connectivity index (χ3v) is 8.87. The third kappa shape index (κ3) is 38.9. The van der Waals surface area contributed by atoms with Gasteiger partial charge in [0.1, 0.15) is 6.61 Å². The van der Waals surface area contributed by atoms with Gasteiger partial charge in [-0.15, -0.1) is 0 Å². The molecule has 0 aliphatic rings. The molecule has 0 bridgehead atoms. The Balaban J connectivity index is 3.98. The summed E-state index contributed by atoms with van der Waals surface area (Å²) >= 11 is 0. The normalized spacial score (nSPS) is 12.8. The fourth-order valence-electron chi connectivity index (χ4n) is 5.40. The van der Waals surface area contributed by atoms with Crippen LogP contribution < -0.4 is 0 Å². The molecule has 286 valence electrons. The molecule has 0 saturated carbocycles. The summed E-state index contributed by atoms with van der Waals surface area (Å²) in [6.07, 6.45) is 41.4. The minimum atomic E-state index is -4.76. The van der Waals surface area contributed by atoms with Crippen molar-refractivity contribution in [2.75, 3.05) is 13.2 Å². The molecule has 0 amide bonds. The van der Waals surface area contributed by atoms with E-state index in [-0.39, 0.29) is 19.4 Å². The Morgan fingerprint density at radius 1 is 0.531 bits per heavy atom. The summed E-state index contributed by atoms with van der Waals surface area (Å²) in [6, 6.07) is 0. The van der Waals surface area contributed by atoms with Crippen LogP contribution in [0.5, 0.6) is 0 Å². The van der Waals surface area contributed by atoms with E-state index in [1.165, 1.54) is 77.0 Å². The lowest BCUT2D eigenvalue weighted by atomic mass is 10.1. The van der Waals surface area contributed by atoms with Crippen LogP contribution in [0.4, 0.5) is 0 Å². The maximum atomic E-state index is 12.4. The van der Waals surface area contributed by atoms with E-state index in [2.05, 4.69) is 54.8 Å². The summed E-state index contributed by atoms with van der Waals surface area (Å²) in [6.45, 7) is 3.63. The van der Waals surface area contributed by atoms with Crippen molar-refractivity contribution in [2.45, 2.75) is 193 Å². The minimum Gasteiger partial charge on any atom is -0.462 e. The Labute approximate surface area is 300 Å². The quantitative estimate of drug-likeness (QED) is 0.0285. The van der Waals surface area contributed by atoms with Crippen molar-refractivity contribution in [1.82, 2.24) is 0 Å². The van der Waals surface area contributed by atoms with Crippen molar-refractivity contribution >= 4 is 19.8 Å². The summed E-state index contributed by atoms with van der Waals surface area (Å²) in [4.78, 5) is 42.7. The van der Waals surface area contributed by atoms with Crippen LogP contribution in [0.2, 0.25) is 0 Å². The molecule has 0 aromatic rings. The Bertz CT molecular complexity index is 895. The Morgan fingerprint density at radius 2 is 0.918 bits per heavy atom. The van der Waals surface area contributed by atoms with Crippen LogP contribution in [0.25, 0.3) is 0 Å². The largest absolute Gasteiger partial charge is 0.469 e. The fraction of sp³-hybridized carbons (Fsp3) is 0.800. The number of allylic oxidation sites excluding steroid dienone is 6. The summed E-state index contributed by atoms with van der Waals surface area (Å²) in [5, 5.41) is 0. The topological polar surface area (TPSA) is 119 Å². The van der Waals surface area contributed by atoms with E-state index in [0.29, 0.717) is 12.8 Å². The first-order chi connectivity index (χ1) is 23.8. The molecule has 0 saturated heterocycles. The predicted octanol–water partition coefficient (Wildman–Crippen LogP) is 11.8. The van der Waals surface area contributed by atoms with Crippen LogP contribution in [0, 0.1) is 0 Å². The summed E-state index contributed by atoms with van der Waals surface area (Å²) in [5.74, 6) is -0.909. The maximum Gasteiger partial charge on any atom is 0.469 e. The first-order valence-electron chi connectivity index (χ1n) is 19.8. The molecular formula is C40H73O8P. The van der Waals surface area contributed by atoms with Gasteiger partial charge in [-0.05, 0) is 70.6 Å². The second-order valence-corrected chi connectivity index (χ2v) is 14.5. The first-order valence-corrected chi connectivity index (χ1v) is 21.3. The van der Waals surface area contributed by atoms with E-state index in [9.17, 15) is 14.2 Å². The molecular weight excluding hydrogens is 639 g/mol. The van der Waals surface area contributed by atoms with Crippen molar-refractivity contribution in [1.29, 1.82) is 0 Å². The van der Waals surface area contributed by atoms with Gasteiger partial charge in [-0.1, -0.05) is 140 Å². The molecule has 0 heterocycles. The molecule has 0 aromatic carbocycles. The lowest BCUT2D eigenvalue weighted by Crippen LogP contribution is -2.29. The molecule has 0 radical (unpaired) electrons. The second kappa shape index (κ2) is 36.1. The van der Waals surface area contributed by atoms with Gasteiger partial charge in [-0.3, -0.25) is 14.1 Å². The van der Waals surface area contributed by atoms with E-state index in [1.807, 2.05) is 0 Å². The van der Waals surface area contributed by atoms with Crippen molar-refractivity contribution in [2.24, 2.45) is 0 Å². The number of esters is 2. The van der Waals surface area contributed by atoms with Crippen LogP contribution in [0.3, 0.4) is 0 Å². The Morgan fingerprint density at radius 3 is 1.41 bits per heavy atom. The number of ether oxygens (including phenoxy) is 2. The zero-order valence-corrected chi connectivity index (χ0v) is 32.2. The SMILES string of the molecule is CCCCC/C=C\C/C=C\CCCCCCCC(=O)OC[C@H](COP(=O)(O)O)OC(=O)CCCCCCC/C=C\CCCCCCCCC. The molecule has 0 spiro atoms. The smallest absolute Gasteiger partial charge is 0.462 e. The number of carbonyl (C=O) groups excluding carboxylic acids is 2.